The van der Waals surface area contributed by atoms with Gasteiger partial charge in [-0.2, -0.15) is 0 Å². The third-order valence-corrected chi connectivity index (χ3v) is 3.01. The van der Waals surface area contributed by atoms with E-state index in [4.69, 9.17) is 0 Å². The highest BCUT2D eigenvalue weighted by molar-refractivity contribution is 5.08. The second-order valence-corrected chi connectivity index (χ2v) is 3.90. The molecule has 0 saturated carbocycles. The first-order chi connectivity index (χ1) is 6.38. The van der Waals surface area contributed by atoms with Gasteiger partial charge in [0, 0.05) is 17.9 Å². The summed E-state index contributed by atoms with van der Waals surface area (Å²) in [6.07, 6.45) is 6.15. The Bertz CT molecular complexity index is 235. The molecule has 1 unspecified atom stereocenters. The van der Waals surface area contributed by atoms with Gasteiger partial charge in [0.2, 0.25) is 0 Å². The minimum atomic E-state index is 0.565. The molecule has 1 atom stereocenters. The van der Waals surface area contributed by atoms with Crippen molar-refractivity contribution in [1.29, 1.82) is 0 Å². The van der Waals surface area contributed by atoms with E-state index in [0.29, 0.717) is 6.04 Å². The molecule has 0 radical (unpaired) electrons. The number of likely N-dealkylation sites (tertiary alicyclic amines) is 1. The lowest BCUT2D eigenvalue weighted by Gasteiger charge is -2.31. The standard InChI is InChI=1S/C11H18N2/c1-10(11-6-5-7-12-11)13-8-3-2-4-9-13/h5-7,10,12H,2-4,8-9H2,1H3. The van der Waals surface area contributed by atoms with Crippen molar-refractivity contribution in [2.24, 2.45) is 0 Å². The highest BCUT2D eigenvalue weighted by atomic mass is 15.2. The minimum Gasteiger partial charge on any atom is -0.364 e. The van der Waals surface area contributed by atoms with E-state index in [2.05, 4.69) is 28.9 Å². The SMILES string of the molecule is CC(c1ccc[nH]1)N1CCCCC1. The fraction of sp³-hybridized carbons (Fsp3) is 0.636. The zero-order valence-corrected chi connectivity index (χ0v) is 8.29. The summed E-state index contributed by atoms with van der Waals surface area (Å²) in [6, 6.07) is 4.82. The zero-order chi connectivity index (χ0) is 9.10. The van der Waals surface area contributed by atoms with Crippen LogP contribution in [0.4, 0.5) is 0 Å². The number of H-pyrrole nitrogens is 1. The normalized spacial score (nSPS) is 21.6. The van der Waals surface area contributed by atoms with E-state index in [0.717, 1.165) is 0 Å². The van der Waals surface area contributed by atoms with Crippen LogP contribution < -0.4 is 0 Å². The van der Waals surface area contributed by atoms with E-state index in [1.165, 1.54) is 38.0 Å². The van der Waals surface area contributed by atoms with E-state index in [1.807, 2.05) is 6.20 Å². The van der Waals surface area contributed by atoms with Crippen LogP contribution in [0, 0.1) is 0 Å². The van der Waals surface area contributed by atoms with Crippen LogP contribution in [0.5, 0.6) is 0 Å². The molecular weight excluding hydrogens is 160 g/mol. The van der Waals surface area contributed by atoms with Gasteiger partial charge in [0.25, 0.3) is 0 Å². The van der Waals surface area contributed by atoms with Gasteiger partial charge in [0.05, 0.1) is 0 Å². The number of hydrogen-bond acceptors (Lipinski definition) is 1. The van der Waals surface area contributed by atoms with Crippen molar-refractivity contribution in [3.63, 3.8) is 0 Å². The molecule has 2 nitrogen and oxygen atoms in total. The van der Waals surface area contributed by atoms with Crippen LogP contribution in [-0.2, 0) is 0 Å². The molecule has 1 fully saturated rings. The summed E-state index contributed by atoms with van der Waals surface area (Å²) >= 11 is 0. The number of aromatic nitrogens is 1. The lowest BCUT2D eigenvalue weighted by Crippen LogP contribution is -2.32. The summed E-state index contributed by atoms with van der Waals surface area (Å²) in [5.41, 5.74) is 1.35. The molecule has 1 aromatic heterocycles. The van der Waals surface area contributed by atoms with Gasteiger partial charge in [-0.3, -0.25) is 4.90 Å². The molecular formula is C11H18N2. The van der Waals surface area contributed by atoms with E-state index < -0.39 is 0 Å². The van der Waals surface area contributed by atoms with Crippen molar-refractivity contribution in [2.45, 2.75) is 32.2 Å². The molecule has 1 aliphatic rings. The average Bonchev–Trinajstić information content (AvgIpc) is 2.71. The van der Waals surface area contributed by atoms with Gasteiger partial charge in [0.15, 0.2) is 0 Å². The fourth-order valence-electron chi connectivity index (χ4n) is 2.11. The molecule has 0 amide bonds. The van der Waals surface area contributed by atoms with Crippen molar-refractivity contribution < 1.29 is 0 Å². The highest BCUT2D eigenvalue weighted by Crippen LogP contribution is 2.22. The molecule has 2 heterocycles. The van der Waals surface area contributed by atoms with Crippen LogP contribution >= 0.6 is 0 Å². The summed E-state index contributed by atoms with van der Waals surface area (Å²) in [6.45, 7) is 4.82. The first-order valence-corrected chi connectivity index (χ1v) is 5.25. The minimum absolute atomic E-state index is 0.565. The average molecular weight is 178 g/mol. The van der Waals surface area contributed by atoms with Gasteiger partial charge in [-0.05, 0) is 45.0 Å². The van der Waals surface area contributed by atoms with Crippen LogP contribution in [0.1, 0.15) is 37.9 Å². The van der Waals surface area contributed by atoms with E-state index >= 15 is 0 Å². The van der Waals surface area contributed by atoms with Crippen LogP contribution in [-0.4, -0.2) is 23.0 Å². The predicted molar refractivity (Wildman–Crippen MR) is 54.6 cm³/mol. The highest BCUT2D eigenvalue weighted by Gasteiger charge is 2.17. The Hall–Kier alpha value is -0.760. The summed E-state index contributed by atoms with van der Waals surface area (Å²) < 4.78 is 0. The molecule has 1 saturated heterocycles. The topological polar surface area (TPSA) is 19.0 Å². The van der Waals surface area contributed by atoms with E-state index in [-0.39, 0.29) is 0 Å². The summed E-state index contributed by atoms with van der Waals surface area (Å²) in [7, 11) is 0. The maximum absolute atomic E-state index is 3.29. The van der Waals surface area contributed by atoms with Gasteiger partial charge >= 0.3 is 0 Å². The van der Waals surface area contributed by atoms with Crippen LogP contribution in [0.3, 0.4) is 0 Å². The molecule has 1 N–H and O–H groups in total. The van der Waals surface area contributed by atoms with E-state index in [1.54, 1.807) is 0 Å². The third-order valence-electron chi connectivity index (χ3n) is 3.01. The summed E-state index contributed by atoms with van der Waals surface area (Å²) in [5.74, 6) is 0. The molecule has 1 aromatic rings. The van der Waals surface area contributed by atoms with Crippen molar-refractivity contribution >= 4 is 0 Å². The maximum Gasteiger partial charge on any atom is 0.0470 e. The fourth-order valence-corrected chi connectivity index (χ4v) is 2.11. The molecule has 2 heteroatoms. The number of aromatic amines is 1. The van der Waals surface area contributed by atoms with Gasteiger partial charge in [-0.1, -0.05) is 6.42 Å². The molecule has 0 spiro atoms. The lowest BCUT2D eigenvalue weighted by atomic mass is 10.1. The number of nitrogens with one attached hydrogen (secondary N) is 1. The van der Waals surface area contributed by atoms with Gasteiger partial charge < -0.3 is 4.98 Å². The lowest BCUT2D eigenvalue weighted by molar-refractivity contribution is 0.172. The van der Waals surface area contributed by atoms with Gasteiger partial charge in [0.1, 0.15) is 0 Å². The summed E-state index contributed by atoms with van der Waals surface area (Å²) in [4.78, 5) is 5.86. The Balaban J connectivity index is 1.99. The molecule has 2 rings (SSSR count). The Kier molecular flexibility index (Phi) is 2.69. The first kappa shape index (κ1) is 8.82. The largest absolute Gasteiger partial charge is 0.364 e. The second kappa shape index (κ2) is 3.97. The number of rotatable bonds is 2. The van der Waals surface area contributed by atoms with Crippen LogP contribution in [0.2, 0.25) is 0 Å². The molecule has 0 aromatic carbocycles. The molecule has 0 aliphatic carbocycles. The Morgan fingerprint density at radius 3 is 2.69 bits per heavy atom. The molecule has 13 heavy (non-hydrogen) atoms. The van der Waals surface area contributed by atoms with Crippen molar-refractivity contribution in [3.05, 3.63) is 24.0 Å². The number of piperidine rings is 1. The second-order valence-electron chi connectivity index (χ2n) is 3.90. The predicted octanol–water partition coefficient (Wildman–Crippen LogP) is 2.56. The number of hydrogen-bond donors (Lipinski definition) is 1. The smallest absolute Gasteiger partial charge is 0.0470 e. The quantitative estimate of drug-likeness (QED) is 0.737. The van der Waals surface area contributed by atoms with E-state index in [9.17, 15) is 0 Å². The Labute approximate surface area is 79.9 Å². The van der Waals surface area contributed by atoms with Gasteiger partial charge in [-0.25, -0.2) is 0 Å². The Morgan fingerprint density at radius 1 is 1.31 bits per heavy atom. The molecule has 1 aliphatic heterocycles. The first-order valence-electron chi connectivity index (χ1n) is 5.25. The third kappa shape index (κ3) is 1.94. The van der Waals surface area contributed by atoms with Crippen LogP contribution in [0.15, 0.2) is 18.3 Å². The maximum atomic E-state index is 3.29. The Morgan fingerprint density at radius 2 is 2.08 bits per heavy atom. The van der Waals surface area contributed by atoms with Crippen molar-refractivity contribution in [2.75, 3.05) is 13.1 Å². The summed E-state index contributed by atoms with van der Waals surface area (Å²) in [5, 5.41) is 0. The molecule has 72 valence electrons. The van der Waals surface area contributed by atoms with Gasteiger partial charge in [-0.15, -0.1) is 0 Å². The van der Waals surface area contributed by atoms with Crippen molar-refractivity contribution in [3.8, 4) is 0 Å². The van der Waals surface area contributed by atoms with Crippen LogP contribution in [0.25, 0.3) is 0 Å². The van der Waals surface area contributed by atoms with Crippen molar-refractivity contribution in [1.82, 2.24) is 9.88 Å². The monoisotopic (exact) mass is 178 g/mol. The number of nitrogens with zero attached hydrogens (tertiary/aromatic N) is 1. The zero-order valence-electron chi connectivity index (χ0n) is 8.29. The molecule has 0 bridgehead atoms.